The van der Waals surface area contributed by atoms with Gasteiger partial charge in [0.1, 0.15) is 0 Å². The fourth-order valence-electron chi connectivity index (χ4n) is 1.67. The summed E-state index contributed by atoms with van der Waals surface area (Å²) in [6.45, 7) is 0. The summed E-state index contributed by atoms with van der Waals surface area (Å²) in [5, 5.41) is 3.79. The molecule has 3 rings (SSSR count). The van der Waals surface area contributed by atoms with Crippen molar-refractivity contribution in [1.82, 2.24) is 10.1 Å². The van der Waals surface area contributed by atoms with Gasteiger partial charge in [0.25, 0.3) is 0 Å². The Bertz CT molecular complexity index is 586. The molecule has 3 heteroatoms. The van der Waals surface area contributed by atoms with Gasteiger partial charge in [-0.15, -0.1) is 0 Å². The van der Waals surface area contributed by atoms with Crippen LogP contribution in [0.2, 0.25) is 0 Å². The summed E-state index contributed by atoms with van der Waals surface area (Å²) in [5.74, 6) is 0.605. The molecule has 2 aromatic carbocycles. The molecule has 0 spiro atoms. The van der Waals surface area contributed by atoms with Crippen molar-refractivity contribution in [2.45, 2.75) is 0 Å². The summed E-state index contributed by atoms with van der Waals surface area (Å²) in [5.41, 5.74) is 3.14. The van der Waals surface area contributed by atoms with Gasteiger partial charge in [-0.2, -0.15) is 4.98 Å². The second-order valence-electron chi connectivity index (χ2n) is 3.61. The molecular weight excluding hydrogens is 212 g/mol. The van der Waals surface area contributed by atoms with Crippen molar-refractivity contribution in [2.24, 2.45) is 0 Å². The molecule has 0 atom stereocenters. The van der Waals surface area contributed by atoms with E-state index in [1.54, 1.807) is 0 Å². The highest BCUT2D eigenvalue weighted by Crippen LogP contribution is 2.22. The Hall–Kier alpha value is -2.42. The molecule has 3 nitrogen and oxygen atoms in total. The van der Waals surface area contributed by atoms with Gasteiger partial charge in [-0.25, -0.2) is 0 Å². The molecule has 0 aliphatic carbocycles. The molecule has 0 N–H and O–H groups in total. The molecule has 0 aliphatic heterocycles. The monoisotopic (exact) mass is 221 g/mol. The maximum absolute atomic E-state index is 4.72. The van der Waals surface area contributed by atoms with Crippen molar-refractivity contribution < 1.29 is 4.52 Å². The van der Waals surface area contributed by atoms with Gasteiger partial charge in [0.05, 0.1) is 0 Å². The van der Waals surface area contributed by atoms with Gasteiger partial charge in [0.2, 0.25) is 12.2 Å². The minimum Gasteiger partial charge on any atom is -0.342 e. The molecule has 0 bridgehead atoms. The quantitative estimate of drug-likeness (QED) is 0.667. The lowest BCUT2D eigenvalue weighted by atomic mass is 10.0. The van der Waals surface area contributed by atoms with Crippen molar-refractivity contribution in [1.29, 1.82) is 0 Å². The van der Waals surface area contributed by atoms with Crippen molar-refractivity contribution in [3.63, 3.8) is 0 Å². The third-order valence-corrected chi connectivity index (χ3v) is 2.52. The Morgan fingerprint density at radius 2 is 1.76 bits per heavy atom. The highest BCUT2D eigenvalue weighted by molar-refractivity contribution is 5.66. The van der Waals surface area contributed by atoms with Gasteiger partial charge in [-0.05, 0) is 17.2 Å². The van der Waals surface area contributed by atoms with E-state index in [4.69, 9.17) is 4.52 Å². The highest BCUT2D eigenvalue weighted by Gasteiger charge is 2.03. The summed E-state index contributed by atoms with van der Waals surface area (Å²) in [7, 11) is 0. The highest BCUT2D eigenvalue weighted by atomic mass is 16.5. The number of nitrogens with zero attached hydrogens (tertiary/aromatic N) is 2. The average Bonchev–Trinajstić information content (AvgIpc) is 2.94. The Kier molecular flexibility index (Phi) is 2.43. The number of hydrogen-bond acceptors (Lipinski definition) is 3. The SMILES string of the molecule is [c]1ccccc1-c1ccc(-c2ncon2)cc1. The second kappa shape index (κ2) is 4.22. The zero-order valence-corrected chi connectivity index (χ0v) is 9.00. The molecule has 3 aromatic rings. The van der Waals surface area contributed by atoms with E-state index in [1.165, 1.54) is 6.39 Å². The van der Waals surface area contributed by atoms with Crippen LogP contribution in [-0.4, -0.2) is 10.1 Å². The first kappa shape index (κ1) is 9.78. The molecule has 0 amide bonds. The minimum absolute atomic E-state index is 0.605. The lowest BCUT2D eigenvalue weighted by Gasteiger charge is -2.01. The lowest BCUT2D eigenvalue weighted by Crippen LogP contribution is -1.81. The first-order chi connectivity index (χ1) is 8.43. The fraction of sp³-hybridized carbons (Fsp3) is 0. The van der Waals surface area contributed by atoms with Crippen molar-refractivity contribution in [3.8, 4) is 22.5 Å². The van der Waals surface area contributed by atoms with E-state index in [0.717, 1.165) is 16.7 Å². The van der Waals surface area contributed by atoms with Crippen LogP contribution in [0.3, 0.4) is 0 Å². The average molecular weight is 221 g/mol. The number of aromatic nitrogens is 2. The predicted octanol–water partition coefficient (Wildman–Crippen LogP) is 3.20. The molecular formula is C14H9N2O. The van der Waals surface area contributed by atoms with Gasteiger partial charge in [0.15, 0.2) is 0 Å². The summed E-state index contributed by atoms with van der Waals surface area (Å²) in [6, 6.07) is 19.1. The zero-order chi connectivity index (χ0) is 11.5. The van der Waals surface area contributed by atoms with Crippen molar-refractivity contribution >= 4 is 0 Å². The van der Waals surface area contributed by atoms with Crippen LogP contribution >= 0.6 is 0 Å². The predicted molar refractivity (Wildman–Crippen MR) is 64.0 cm³/mol. The molecule has 0 fully saturated rings. The lowest BCUT2D eigenvalue weighted by molar-refractivity contribution is 0.419. The van der Waals surface area contributed by atoms with Crippen molar-refractivity contribution in [3.05, 3.63) is 61.0 Å². The van der Waals surface area contributed by atoms with E-state index in [1.807, 2.05) is 48.5 Å². The third kappa shape index (κ3) is 1.95. The van der Waals surface area contributed by atoms with Crippen LogP contribution < -0.4 is 0 Å². The molecule has 0 aliphatic rings. The maximum atomic E-state index is 4.72. The van der Waals surface area contributed by atoms with Gasteiger partial charge in [-0.3, -0.25) is 0 Å². The fourth-order valence-corrected chi connectivity index (χ4v) is 1.67. The van der Waals surface area contributed by atoms with Crippen LogP contribution in [0.5, 0.6) is 0 Å². The van der Waals surface area contributed by atoms with Crippen LogP contribution in [0.4, 0.5) is 0 Å². The topological polar surface area (TPSA) is 38.9 Å². The molecule has 17 heavy (non-hydrogen) atoms. The van der Waals surface area contributed by atoms with E-state index in [2.05, 4.69) is 16.2 Å². The molecule has 1 aromatic heterocycles. The Balaban J connectivity index is 1.96. The normalized spacial score (nSPS) is 10.4. The maximum Gasteiger partial charge on any atom is 0.214 e. The molecule has 0 unspecified atom stereocenters. The number of rotatable bonds is 2. The van der Waals surface area contributed by atoms with Gasteiger partial charge in [0, 0.05) is 5.56 Å². The third-order valence-electron chi connectivity index (χ3n) is 2.52. The van der Waals surface area contributed by atoms with E-state index in [0.29, 0.717) is 5.82 Å². The molecule has 0 saturated heterocycles. The standard InChI is InChI=1S/C14H9N2O/c1-2-4-11(5-3-1)12-6-8-13(9-7-12)14-15-10-17-16-14/h1-4,6-10H. The smallest absolute Gasteiger partial charge is 0.214 e. The first-order valence-electron chi connectivity index (χ1n) is 5.27. The zero-order valence-electron chi connectivity index (χ0n) is 9.00. The Morgan fingerprint density at radius 3 is 2.41 bits per heavy atom. The van der Waals surface area contributed by atoms with E-state index < -0.39 is 0 Å². The van der Waals surface area contributed by atoms with E-state index >= 15 is 0 Å². The Morgan fingerprint density at radius 1 is 0.941 bits per heavy atom. The van der Waals surface area contributed by atoms with Gasteiger partial charge in [-0.1, -0.05) is 53.7 Å². The second-order valence-corrected chi connectivity index (χ2v) is 3.61. The van der Waals surface area contributed by atoms with Crippen LogP contribution in [0.25, 0.3) is 22.5 Å². The number of benzene rings is 2. The van der Waals surface area contributed by atoms with Crippen LogP contribution in [0.1, 0.15) is 0 Å². The van der Waals surface area contributed by atoms with Crippen LogP contribution in [0.15, 0.2) is 59.4 Å². The van der Waals surface area contributed by atoms with E-state index in [9.17, 15) is 0 Å². The summed E-state index contributed by atoms with van der Waals surface area (Å²) in [4.78, 5) is 4.00. The van der Waals surface area contributed by atoms with Crippen molar-refractivity contribution in [2.75, 3.05) is 0 Å². The van der Waals surface area contributed by atoms with Crippen LogP contribution in [-0.2, 0) is 0 Å². The van der Waals surface area contributed by atoms with E-state index in [-0.39, 0.29) is 0 Å². The molecule has 0 saturated carbocycles. The first-order valence-corrected chi connectivity index (χ1v) is 5.27. The van der Waals surface area contributed by atoms with Gasteiger partial charge < -0.3 is 4.52 Å². The molecule has 81 valence electrons. The summed E-state index contributed by atoms with van der Waals surface area (Å²) >= 11 is 0. The minimum atomic E-state index is 0.605. The summed E-state index contributed by atoms with van der Waals surface area (Å²) in [6.07, 6.45) is 1.33. The van der Waals surface area contributed by atoms with Crippen LogP contribution in [0, 0.1) is 6.07 Å². The molecule has 1 radical (unpaired) electrons. The largest absolute Gasteiger partial charge is 0.342 e. The molecule has 1 heterocycles. The van der Waals surface area contributed by atoms with Gasteiger partial charge >= 0.3 is 0 Å². The number of hydrogen-bond donors (Lipinski definition) is 0. The summed E-state index contributed by atoms with van der Waals surface area (Å²) < 4.78 is 4.72. The Labute approximate surface area is 98.7 Å².